The van der Waals surface area contributed by atoms with Crippen molar-refractivity contribution in [3.8, 4) is 0 Å². The molecule has 138 valence electrons. The molecule has 2 fully saturated rings. The van der Waals surface area contributed by atoms with Crippen LogP contribution in [0.4, 0.5) is 0 Å². The minimum Gasteiger partial charge on any atom is -0.383 e. The van der Waals surface area contributed by atoms with Gasteiger partial charge in [0.25, 0.3) is 5.91 Å². The highest BCUT2D eigenvalue weighted by molar-refractivity contribution is 5.95. The molecule has 0 spiro atoms. The van der Waals surface area contributed by atoms with E-state index in [1.165, 1.54) is 0 Å². The van der Waals surface area contributed by atoms with Gasteiger partial charge in [0.2, 0.25) is 0 Å². The molecule has 2 aliphatic rings. The lowest BCUT2D eigenvalue weighted by atomic mass is 9.97. The third-order valence-corrected chi connectivity index (χ3v) is 5.01. The second-order valence-corrected chi connectivity index (χ2v) is 6.76. The van der Waals surface area contributed by atoms with Crippen LogP contribution in [0.5, 0.6) is 0 Å². The molecule has 7 heteroatoms. The molecule has 1 aromatic heterocycles. The zero-order valence-electron chi connectivity index (χ0n) is 15.2. The minimum atomic E-state index is 0.0118. The van der Waals surface area contributed by atoms with Crippen molar-refractivity contribution in [2.24, 2.45) is 0 Å². The predicted molar refractivity (Wildman–Crippen MR) is 93.8 cm³/mol. The van der Waals surface area contributed by atoms with Crippen molar-refractivity contribution >= 4 is 5.91 Å². The zero-order valence-corrected chi connectivity index (χ0v) is 15.2. The summed E-state index contributed by atoms with van der Waals surface area (Å²) in [7, 11) is 1.73. The van der Waals surface area contributed by atoms with Gasteiger partial charge in [-0.2, -0.15) is 0 Å². The normalized spacial score (nSPS) is 22.2. The van der Waals surface area contributed by atoms with Crippen molar-refractivity contribution in [2.45, 2.75) is 25.7 Å². The molecule has 0 saturated carbocycles. The Morgan fingerprint density at radius 2 is 2.16 bits per heavy atom. The second kappa shape index (κ2) is 8.69. The monoisotopic (exact) mass is 348 g/mol. The lowest BCUT2D eigenvalue weighted by Gasteiger charge is -2.32. The van der Waals surface area contributed by atoms with Crippen LogP contribution < -0.4 is 0 Å². The van der Waals surface area contributed by atoms with Gasteiger partial charge in [-0.25, -0.2) is 9.97 Å². The molecule has 0 radical (unpaired) electrons. The molecular formula is C18H28N4O3. The molecule has 3 rings (SSSR count). The molecule has 1 unspecified atom stereocenters. The van der Waals surface area contributed by atoms with E-state index in [4.69, 9.17) is 9.47 Å². The lowest BCUT2D eigenvalue weighted by Crippen LogP contribution is -2.41. The van der Waals surface area contributed by atoms with E-state index in [9.17, 15) is 4.79 Å². The number of likely N-dealkylation sites (tertiary alicyclic amines) is 1. The third kappa shape index (κ3) is 4.54. The van der Waals surface area contributed by atoms with Crippen LogP contribution in [0.1, 0.15) is 40.6 Å². The van der Waals surface area contributed by atoms with Gasteiger partial charge in [-0.05, 0) is 26.3 Å². The van der Waals surface area contributed by atoms with Crippen molar-refractivity contribution in [3.63, 3.8) is 0 Å². The first kappa shape index (κ1) is 18.2. The van der Waals surface area contributed by atoms with Crippen LogP contribution >= 0.6 is 0 Å². The minimum absolute atomic E-state index is 0.0118. The summed E-state index contributed by atoms with van der Waals surface area (Å²) in [5.41, 5.74) is 1.38. The van der Waals surface area contributed by atoms with Crippen LogP contribution in [0.15, 0.2) is 6.20 Å². The van der Waals surface area contributed by atoms with E-state index in [1.54, 1.807) is 13.3 Å². The van der Waals surface area contributed by atoms with Crippen molar-refractivity contribution in [1.82, 2.24) is 19.8 Å². The Morgan fingerprint density at radius 1 is 1.36 bits per heavy atom. The number of aromatic nitrogens is 2. The molecular weight excluding hydrogens is 320 g/mol. The Hall–Kier alpha value is -1.57. The molecule has 1 aromatic rings. The average molecular weight is 348 g/mol. The van der Waals surface area contributed by atoms with Gasteiger partial charge in [0.05, 0.1) is 31.1 Å². The molecule has 2 saturated heterocycles. The molecule has 1 atom stereocenters. The van der Waals surface area contributed by atoms with E-state index >= 15 is 0 Å². The Bertz CT molecular complexity index is 590. The molecule has 0 aromatic carbocycles. The fourth-order valence-electron chi connectivity index (χ4n) is 3.52. The summed E-state index contributed by atoms with van der Waals surface area (Å²) in [4.78, 5) is 26.1. The number of carbonyl (C=O) groups excluding carboxylic acids is 1. The summed E-state index contributed by atoms with van der Waals surface area (Å²) in [6, 6.07) is 0. The highest BCUT2D eigenvalue weighted by Gasteiger charge is 2.25. The number of nitrogens with zero attached hydrogens (tertiary/aromatic N) is 4. The summed E-state index contributed by atoms with van der Waals surface area (Å²) < 4.78 is 10.5. The van der Waals surface area contributed by atoms with Gasteiger partial charge in [-0.1, -0.05) is 0 Å². The van der Waals surface area contributed by atoms with Crippen LogP contribution in [0.3, 0.4) is 0 Å². The van der Waals surface area contributed by atoms with E-state index in [1.807, 2.05) is 11.8 Å². The summed E-state index contributed by atoms with van der Waals surface area (Å²) in [6.45, 7) is 8.13. The maximum atomic E-state index is 12.6. The van der Waals surface area contributed by atoms with Crippen LogP contribution in [0.2, 0.25) is 0 Å². The highest BCUT2D eigenvalue weighted by Crippen LogP contribution is 2.25. The molecule has 3 heterocycles. The first-order valence-electron chi connectivity index (χ1n) is 9.11. The quantitative estimate of drug-likeness (QED) is 0.793. The molecule has 0 N–H and O–H groups in total. The molecule has 0 aliphatic carbocycles. The third-order valence-electron chi connectivity index (χ3n) is 5.01. The number of hydrogen-bond acceptors (Lipinski definition) is 6. The van der Waals surface area contributed by atoms with E-state index < -0.39 is 0 Å². The van der Waals surface area contributed by atoms with Crippen molar-refractivity contribution in [2.75, 3.05) is 59.7 Å². The average Bonchev–Trinajstić information content (AvgIpc) is 2.66. The molecule has 7 nitrogen and oxygen atoms in total. The second-order valence-electron chi connectivity index (χ2n) is 6.76. The van der Waals surface area contributed by atoms with Gasteiger partial charge in [-0.15, -0.1) is 0 Å². The van der Waals surface area contributed by atoms with Crippen molar-refractivity contribution in [3.05, 3.63) is 23.3 Å². The number of methoxy groups -OCH3 is 1. The molecule has 0 bridgehead atoms. The number of rotatable bonds is 5. The number of carbonyl (C=O) groups is 1. The zero-order chi connectivity index (χ0) is 17.6. The largest absolute Gasteiger partial charge is 0.383 e. The molecule has 2 aliphatic heterocycles. The van der Waals surface area contributed by atoms with Crippen LogP contribution in [0.25, 0.3) is 0 Å². The maximum absolute atomic E-state index is 12.6. The summed E-state index contributed by atoms with van der Waals surface area (Å²) in [5, 5.41) is 0. The maximum Gasteiger partial charge on any atom is 0.257 e. The van der Waals surface area contributed by atoms with Gasteiger partial charge in [0.15, 0.2) is 0 Å². The summed E-state index contributed by atoms with van der Waals surface area (Å²) in [5.74, 6) is 1.20. The Kier molecular flexibility index (Phi) is 6.34. The van der Waals surface area contributed by atoms with Gasteiger partial charge in [0, 0.05) is 45.4 Å². The fourth-order valence-corrected chi connectivity index (χ4v) is 3.52. The Morgan fingerprint density at radius 3 is 2.88 bits per heavy atom. The summed E-state index contributed by atoms with van der Waals surface area (Å²) >= 11 is 0. The first-order chi connectivity index (χ1) is 12.2. The number of hydrogen-bond donors (Lipinski definition) is 0. The van der Waals surface area contributed by atoms with E-state index in [0.29, 0.717) is 37.8 Å². The van der Waals surface area contributed by atoms with Gasteiger partial charge in [-0.3, -0.25) is 4.79 Å². The van der Waals surface area contributed by atoms with Gasteiger partial charge < -0.3 is 19.3 Å². The van der Waals surface area contributed by atoms with Crippen LogP contribution in [-0.4, -0.2) is 85.3 Å². The molecule has 1 amide bonds. The van der Waals surface area contributed by atoms with Gasteiger partial charge >= 0.3 is 0 Å². The highest BCUT2D eigenvalue weighted by atomic mass is 16.5. The number of piperidine rings is 1. The first-order valence-corrected chi connectivity index (χ1v) is 9.11. The fraction of sp³-hybridized carbons (Fsp3) is 0.722. The SMILES string of the molecule is COCCN1CCCC(c2ncc(C(=O)N3CCOCC3)c(C)n2)C1. The van der Waals surface area contributed by atoms with Crippen LogP contribution in [0, 0.1) is 6.92 Å². The van der Waals surface area contributed by atoms with Crippen molar-refractivity contribution < 1.29 is 14.3 Å². The Labute approximate surface area is 149 Å². The van der Waals surface area contributed by atoms with Crippen molar-refractivity contribution in [1.29, 1.82) is 0 Å². The smallest absolute Gasteiger partial charge is 0.257 e. The van der Waals surface area contributed by atoms with E-state index in [2.05, 4.69) is 14.9 Å². The van der Waals surface area contributed by atoms with Gasteiger partial charge in [0.1, 0.15) is 5.82 Å². The topological polar surface area (TPSA) is 67.8 Å². The summed E-state index contributed by atoms with van der Waals surface area (Å²) in [6.07, 6.45) is 3.95. The van der Waals surface area contributed by atoms with E-state index in [0.717, 1.165) is 50.6 Å². The lowest BCUT2D eigenvalue weighted by molar-refractivity contribution is 0.0301. The number of amides is 1. The number of ether oxygens (including phenoxy) is 2. The van der Waals surface area contributed by atoms with Crippen LogP contribution in [-0.2, 0) is 9.47 Å². The Balaban J connectivity index is 1.67. The predicted octanol–water partition coefficient (Wildman–Crippen LogP) is 1.08. The standard InChI is InChI=1S/C18H28N4O3/c1-14-16(18(23)22-7-10-25-11-8-22)12-19-17(20-14)15-4-3-5-21(13-15)6-9-24-2/h12,15H,3-11,13H2,1-2H3. The number of aryl methyl sites for hydroxylation is 1. The molecule has 25 heavy (non-hydrogen) atoms. The van der Waals surface area contributed by atoms with E-state index in [-0.39, 0.29) is 5.91 Å². The number of morpholine rings is 1.